The van der Waals surface area contributed by atoms with Gasteiger partial charge in [-0.2, -0.15) is 0 Å². The van der Waals surface area contributed by atoms with Gasteiger partial charge in [0.05, 0.1) is 5.08 Å². The van der Waals surface area contributed by atoms with Crippen molar-refractivity contribution in [1.29, 1.82) is 0 Å². The molecule has 0 bridgehead atoms. The number of hydrogen-bond acceptors (Lipinski definition) is 4. The van der Waals surface area contributed by atoms with E-state index >= 15 is 0 Å². The van der Waals surface area contributed by atoms with Crippen molar-refractivity contribution in [2.45, 2.75) is 4.90 Å². The Morgan fingerprint density at radius 1 is 1.38 bits per heavy atom. The van der Waals surface area contributed by atoms with Gasteiger partial charge in [0.2, 0.25) is 0 Å². The molecule has 0 spiro atoms. The molecule has 0 atom stereocenters. The molecule has 1 rings (SSSR count). The fourth-order valence-electron chi connectivity index (χ4n) is 0.697. The van der Waals surface area contributed by atoms with Crippen molar-refractivity contribution < 1.29 is 13.0 Å². The van der Waals surface area contributed by atoms with Crippen LogP contribution in [0.5, 0.6) is 0 Å². The van der Waals surface area contributed by atoms with Gasteiger partial charge in [-0.05, 0) is 28.1 Å². The highest BCUT2D eigenvalue weighted by molar-refractivity contribution is 9.10. The first-order valence-electron chi connectivity index (χ1n) is 3.30. The van der Waals surface area contributed by atoms with Crippen LogP contribution in [0.4, 0.5) is 0 Å². The van der Waals surface area contributed by atoms with Crippen LogP contribution in [-0.2, 0) is 10.1 Å². The summed E-state index contributed by atoms with van der Waals surface area (Å²) in [5, 5.41) is -0.435. The summed E-state index contributed by atoms with van der Waals surface area (Å²) in [6.45, 7) is 0. The van der Waals surface area contributed by atoms with E-state index in [1.807, 2.05) is 6.07 Å². The first-order chi connectivity index (χ1) is 5.99. The lowest BCUT2D eigenvalue weighted by molar-refractivity contribution is 0.468. The minimum absolute atomic E-state index is 0.435. The highest BCUT2D eigenvalue weighted by Crippen LogP contribution is 2.27. The van der Waals surface area contributed by atoms with E-state index in [1.165, 1.54) is 0 Å². The van der Waals surface area contributed by atoms with Crippen LogP contribution < -0.4 is 0 Å². The lowest BCUT2D eigenvalue weighted by atomic mass is 10.4. The molecule has 0 aliphatic carbocycles. The third kappa shape index (κ3) is 4.12. The standard InChI is InChI=1S/C7H7BrO3S2/c8-6-3-1-2-4-7(6)12-5-13(9,10)11/h1-4H,5H2,(H,9,10,11)/p-1. The zero-order valence-electron chi connectivity index (χ0n) is 6.44. The molecular formula is C7H6BrO3S2-. The first-order valence-corrected chi connectivity index (χ1v) is 6.65. The Labute approximate surface area is 89.4 Å². The summed E-state index contributed by atoms with van der Waals surface area (Å²) in [5.41, 5.74) is 0. The maximum Gasteiger partial charge on any atom is 0.104 e. The van der Waals surface area contributed by atoms with E-state index in [9.17, 15) is 13.0 Å². The van der Waals surface area contributed by atoms with Crippen molar-refractivity contribution in [3.05, 3.63) is 28.7 Å². The molecule has 0 aliphatic rings. The lowest BCUT2D eigenvalue weighted by Gasteiger charge is -2.06. The van der Waals surface area contributed by atoms with Crippen molar-refractivity contribution in [2.75, 3.05) is 5.08 Å². The maximum absolute atomic E-state index is 10.3. The molecule has 0 amide bonds. The SMILES string of the molecule is O=S(=O)([O-])CSc1ccccc1Br. The van der Waals surface area contributed by atoms with Gasteiger partial charge in [0.25, 0.3) is 0 Å². The Bertz CT molecular complexity index is 388. The Hall–Kier alpha value is -0.0400. The quantitative estimate of drug-likeness (QED) is 0.629. The second-order valence-electron chi connectivity index (χ2n) is 2.25. The fraction of sp³-hybridized carbons (Fsp3) is 0.143. The van der Waals surface area contributed by atoms with E-state index in [0.717, 1.165) is 21.1 Å². The Balaban J connectivity index is 2.71. The van der Waals surface area contributed by atoms with Gasteiger partial charge < -0.3 is 4.55 Å². The van der Waals surface area contributed by atoms with Crippen molar-refractivity contribution >= 4 is 37.8 Å². The largest absolute Gasteiger partial charge is 0.747 e. The van der Waals surface area contributed by atoms with Crippen LogP contribution >= 0.6 is 27.7 Å². The smallest absolute Gasteiger partial charge is 0.104 e. The van der Waals surface area contributed by atoms with Crippen molar-refractivity contribution in [3.63, 3.8) is 0 Å². The number of thioether (sulfide) groups is 1. The van der Waals surface area contributed by atoms with Crippen molar-refractivity contribution in [1.82, 2.24) is 0 Å². The van der Waals surface area contributed by atoms with Gasteiger partial charge in [-0.25, -0.2) is 8.42 Å². The van der Waals surface area contributed by atoms with E-state index in [1.54, 1.807) is 18.2 Å². The number of rotatable bonds is 3. The molecule has 6 heteroatoms. The molecule has 0 unspecified atom stereocenters. The van der Waals surface area contributed by atoms with Crippen LogP contribution in [0, 0.1) is 0 Å². The van der Waals surface area contributed by atoms with Crippen molar-refractivity contribution in [3.8, 4) is 0 Å². The van der Waals surface area contributed by atoms with Crippen LogP contribution in [0.1, 0.15) is 0 Å². The van der Waals surface area contributed by atoms with E-state index < -0.39 is 15.2 Å². The average Bonchev–Trinajstić information content (AvgIpc) is 2.01. The van der Waals surface area contributed by atoms with Crippen LogP contribution in [0.2, 0.25) is 0 Å². The van der Waals surface area contributed by atoms with Gasteiger partial charge in [-0.3, -0.25) is 0 Å². The van der Waals surface area contributed by atoms with Crippen LogP contribution in [-0.4, -0.2) is 18.1 Å². The summed E-state index contributed by atoms with van der Waals surface area (Å²) >= 11 is 4.25. The predicted octanol–water partition coefficient (Wildman–Crippen LogP) is 2.04. The van der Waals surface area contributed by atoms with Crippen LogP contribution in [0.3, 0.4) is 0 Å². The summed E-state index contributed by atoms with van der Waals surface area (Å²) in [7, 11) is -4.15. The van der Waals surface area contributed by atoms with E-state index in [-0.39, 0.29) is 0 Å². The second kappa shape index (κ2) is 4.45. The molecule has 1 aromatic rings. The van der Waals surface area contributed by atoms with Gasteiger partial charge in [0, 0.05) is 9.37 Å². The van der Waals surface area contributed by atoms with E-state index in [2.05, 4.69) is 15.9 Å². The summed E-state index contributed by atoms with van der Waals surface area (Å²) in [6, 6.07) is 7.14. The average molecular weight is 282 g/mol. The molecule has 0 saturated heterocycles. The van der Waals surface area contributed by atoms with Crippen LogP contribution in [0.25, 0.3) is 0 Å². The molecule has 72 valence electrons. The molecule has 3 nitrogen and oxygen atoms in total. The Morgan fingerprint density at radius 2 is 2.00 bits per heavy atom. The molecule has 0 aromatic heterocycles. The zero-order chi connectivity index (χ0) is 9.90. The number of hydrogen-bond donors (Lipinski definition) is 0. The highest BCUT2D eigenvalue weighted by atomic mass is 79.9. The molecule has 0 saturated carbocycles. The third-order valence-electron chi connectivity index (χ3n) is 1.20. The van der Waals surface area contributed by atoms with Crippen molar-refractivity contribution in [2.24, 2.45) is 0 Å². The molecule has 0 N–H and O–H groups in total. The van der Waals surface area contributed by atoms with E-state index in [0.29, 0.717) is 0 Å². The topological polar surface area (TPSA) is 57.2 Å². The minimum Gasteiger partial charge on any atom is -0.747 e. The third-order valence-corrected chi connectivity index (χ3v) is 4.44. The Morgan fingerprint density at radius 3 is 2.54 bits per heavy atom. The van der Waals surface area contributed by atoms with Gasteiger partial charge >= 0.3 is 0 Å². The lowest BCUT2D eigenvalue weighted by Crippen LogP contribution is -2.00. The molecule has 0 heterocycles. The van der Waals surface area contributed by atoms with Gasteiger partial charge in [-0.1, -0.05) is 12.1 Å². The van der Waals surface area contributed by atoms with Gasteiger partial charge in [0.1, 0.15) is 10.1 Å². The fourth-order valence-corrected chi connectivity index (χ4v) is 2.79. The number of halogens is 1. The molecule has 0 fully saturated rings. The van der Waals surface area contributed by atoms with Gasteiger partial charge in [-0.15, -0.1) is 11.8 Å². The normalized spacial score (nSPS) is 11.5. The molecule has 0 aliphatic heterocycles. The monoisotopic (exact) mass is 281 g/mol. The summed E-state index contributed by atoms with van der Waals surface area (Å²) in [5.74, 6) is 0. The van der Waals surface area contributed by atoms with E-state index in [4.69, 9.17) is 0 Å². The Kier molecular flexibility index (Phi) is 3.78. The zero-order valence-corrected chi connectivity index (χ0v) is 9.65. The van der Waals surface area contributed by atoms with Crippen LogP contribution in [0.15, 0.2) is 33.6 Å². The summed E-state index contributed by atoms with van der Waals surface area (Å²) in [4.78, 5) is 0.752. The second-order valence-corrected chi connectivity index (χ2v) is 5.89. The minimum atomic E-state index is -4.15. The molecule has 1 aromatic carbocycles. The number of benzene rings is 1. The maximum atomic E-state index is 10.3. The predicted molar refractivity (Wildman–Crippen MR) is 54.6 cm³/mol. The molecular weight excluding hydrogens is 276 g/mol. The highest BCUT2D eigenvalue weighted by Gasteiger charge is 2.01. The van der Waals surface area contributed by atoms with Gasteiger partial charge in [0.15, 0.2) is 0 Å². The first kappa shape index (κ1) is 11.0. The molecule has 13 heavy (non-hydrogen) atoms. The summed E-state index contributed by atoms with van der Waals surface area (Å²) in [6.07, 6.45) is 0. The summed E-state index contributed by atoms with van der Waals surface area (Å²) < 4.78 is 31.8. The molecule has 0 radical (unpaired) electrons.